The number of amides is 1. The number of anilines is 1. The van der Waals surface area contributed by atoms with Gasteiger partial charge in [-0.1, -0.05) is 23.9 Å². The quantitative estimate of drug-likeness (QED) is 0.731. The van der Waals surface area contributed by atoms with Crippen molar-refractivity contribution in [3.8, 4) is 0 Å². The fourth-order valence-electron chi connectivity index (χ4n) is 2.86. The highest BCUT2D eigenvalue weighted by molar-refractivity contribution is 8.00. The van der Waals surface area contributed by atoms with E-state index in [1.54, 1.807) is 11.8 Å². The highest BCUT2D eigenvalue weighted by Gasteiger charge is 2.37. The molecule has 1 heterocycles. The summed E-state index contributed by atoms with van der Waals surface area (Å²) in [5, 5.41) is 12.5. The summed E-state index contributed by atoms with van der Waals surface area (Å²) in [6, 6.07) is 8.43. The lowest BCUT2D eigenvalue weighted by Gasteiger charge is -2.14. The van der Waals surface area contributed by atoms with E-state index in [4.69, 9.17) is 0 Å². The van der Waals surface area contributed by atoms with Gasteiger partial charge in [-0.2, -0.15) is 0 Å². The maximum absolute atomic E-state index is 12.6. The fourth-order valence-corrected chi connectivity index (χ4v) is 4.34. The van der Waals surface area contributed by atoms with Crippen LogP contribution in [0.15, 0.2) is 34.3 Å². The number of para-hydroxylation sites is 1. The minimum atomic E-state index is -0.219. The minimum Gasteiger partial charge on any atom is -0.324 e. The average Bonchev–Trinajstić information content (AvgIpc) is 3.54. The first-order chi connectivity index (χ1) is 12.2. The molecule has 2 fully saturated rings. The van der Waals surface area contributed by atoms with Crippen molar-refractivity contribution in [2.75, 3.05) is 11.6 Å². The van der Waals surface area contributed by atoms with Crippen LogP contribution in [0, 0.1) is 0 Å². The van der Waals surface area contributed by atoms with Crippen molar-refractivity contribution in [3.63, 3.8) is 0 Å². The maximum Gasteiger partial charge on any atom is 0.237 e. The third-order valence-corrected chi connectivity index (χ3v) is 6.41. The normalized spacial score (nSPS) is 18.2. The van der Waals surface area contributed by atoms with Gasteiger partial charge in [0, 0.05) is 16.9 Å². The van der Waals surface area contributed by atoms with Crippen LogP contribution >= 0.6 is 23.5 Å². The zero-order chi connectivity index (χ0) is 17.4. The Hall–Kier alpha value is -1.47. The Labute approximate surface area is 156 Å². The molecule has 4 rings (SSSR count). The van der Waals surface area contributed by atoms with Crippen LogP contribution in [0.1, 0.15) is 50.4 Å². The summed E-state index contributed by atoms with van der Waals surface area (Å²) in [7, 11) is 0. The van der Waals surface area contributed by atoms with Gasteiger partial charge in [-0.15, -0.1) is 22.0 Å². The number of carbonyl (C=O) groups is 1. The lowest BCUT2D eigenvalue weighted by atomic mass is 10.3. The van der Waals surface area contributed by atoms with Crippen LogP contribution in [-0.2, 0) is 4.79 Å². The molecular weight excluding hydrogens is 352 g/mol. The van der Waals surface area contributed by atoms with E-state index in [9.17, 15) is 4.79 Å². The minimum absolute atomic E-state index is 0.00446. The molecule has 1 amide bonds. The van der Waals surface area contributed by atoms with Crippen molar-refractivity contribution >= 4 is 35.1 Å². The van der Waals surface area contributed by atoms with Crippen molar-refractivity contribution in [3.05, 3.63) is 30.1 Å². The second-order valence-corrected chi connectivity index (χ2v) is 8.82. The van der Waals surface area contributed by atoms with Crippen molar-refractivity contribution < 1.29 is 4.79 Å². The van der Waals surface area contributed by atoms with Crippen molar-refractivity contribution in [1.29, 1.82) is 0 Å². The fraction of sp³-hybridized carbons (Fsp3) is 0.500. The third-order valence-electron chi connectivity index (χ3n) is 4.56. The van der Waals surface area contributed by atoms with Crippen molar-refractivity contribution in [2.45, 2.75) is 59.9 Å². The lowest BCUT2D eigenvalue weighted by molar-refractivity contribution is -0.115. The van der Waals surface area contributed by atoms with Gasteiger partial charge in [0.15, 0.2) is 5.16 Å². The first-order valence-corrected chi connectivity index (χ1v) is 10.8. The van der Waals surface area contributed by atoms with Gasteiger partial charge >= 0.3 is 0 Å². The zero-order valence-corrected chi connectivity index (χ0v) is 16.1. The molecule has 0 radical (unpaired) electrons. The van der Waals surface area contributed by atoms with Crippen LogP contribution in [0.5, 0.6) is 0 Å². The molecule has 2 aliphatic carbocycles. The van der Waals surface area contributed by atoms with E-state index in [0.29, 0.717) is 12.0 Å². The van der Waals surface area contributed by atoms with Gasteiger partial charge in [-0.3, -0.25) is 4.79 Å². The Morgan fingerprint density at radius 2 is 2.00 bits per heavy atom. The molecule has 2 aliphatic rings. The second-order valence-electron chi connectivity index (χ2n) is 6.67. The van der Waals surface area contributed by atoms with Gasteiger partial charge < -0.3 is 9.88 Å². The third kappa shape index (κ3) is 3.72. The number of nitrogens with one attached hydrogen (secondary N) is 1. The number of nitrogens with zero attached hydrogens (tertiary/aromatic N) is 3. The average molecular weight is 375 g/mol. The molecule has 0 bridgehead atoms. The van der Waals surface area contributed by atoms with Crippen LogP contribution in [0.25, 0.3) is 0 Å². The molecule has 1 N–H and O–H groups in total. The van der Waals surface area contributed by atoms with Crippen LogP contribution in [0.2, 0.25) is 0 Å². The van der Waals surface area contributed by atoms with E-state index >= 15 is 0 Å². The molecule has 1 atom stereocenters. The topological polar surface area (TPSA) is 59.8 Å². The standard InChI is InChI=1S/C18H22N4OS2/c1-11(17(23)19-14-5-3-4-6-15(14)24-2)25-18-21-20-16(12-7-8-12)22(18)13-9-10-13/h3-6,11-13H,7-10H2,1-2H3,(H,19,23). The first-order valence-electron chi connectivity index (χ1n) is 8.72. The smallest absolute Gasteiger partial charge is 0.237 e. The summed E-state index contributed by atoms with van der Waals surface area (Å²) in [5.74, 6) is 1.72. The molecule has 0 aliphatic heterocycles. The Morgan fingerprint density at radius 1 is 1.24 bits per heavy atom. The van der Waals surface area contributed by atoms with Gasteiger partial charge in [0.05, 0.1) is 10.9 Å². The van der Waals surface area contributed by atoms with Crippen LogP contribution < -0.4 is 5.32 Å². The zero-order valence-electron chi connectivity index (χ0n) is 14.4. The van der Waals surface area contributed by atoms with E-state index in [1.165, 1.54) is 37.4 Å². The van der Waals surface area contributed by atoms with E-state index in [-0.39, 0.29) is 11.2 Å². The van der Waals surface area contributed by atoms with E-state index < -0.39 is 0 Å². The van der Waals surface area contributed by atoms with Crippen molar-refractivity contribution in [2.24, 2.45) is 0 Å². The van der Waals surface area contributed by atoms with Gasteiger partial charge in [0.1, 0.15) is 5.82 Å². The van der Waals surface area contributed by atoms with E-state index in [2.05, 4.69) is 20.1 Å². The summed E-state index contributed by atoms with van der Waals surface area (Å²) < 4.78 is 2.29. The Bertz CT molecular complexity index is 783. The van der Waals surface area contributed by atoms with Gasteiger partial charge in [-0.05, 0) is 51.0 Å². The molecule has 1 aromatic heterocycles. The predicted molar refractivity (Wildman–Crippen MR) is 102 cm³/mol. The molecule has 0 saturated heterocycles. The Balaban J connectivity index is 1.46. The van der Waals surface area contributed by atoms with Crippen LogP contribution in [0.4, 0.5) is 5.69 Å². The second kappa shape index (κ2) is 7.03. The SMILES string of the molecule is CSc1ccccc1NC(=O)C(C)Sc1nnc(C2CC2)n1C1CC1. The highest BCUT2D eigenvalue weighted by Crippen LogP contribution is 2.46. The lowest BCUT2D eigenvalue weighted by Crippen LogP contribution is -2.23. The number of hydrogen-bond donors (Lipinski definition) is 1. The number of carbonyl (C=O) groups excluding carboxylic acids is 1. The van der Waals surface area contributed by atoms with Gasteiger partial charge in [0.25, 0.3) is 0 Å². The number of rotatable bonds is 7. The molecule has 2 saturated carbocycles. The molecule has 2 aromatic rings. The molecule has 132 valence electrons. The van der Waals surface area contributed by atoms with Crippen molar-refractivity contribution in [1.82, 2.24) is 14.8 Å². The predicted octanol–water partition coefficient (Wildman–Crippen LogP) is 4.33. The molecule has 5 nitrogen and oxygen atoms in total. The summed E-state index contributed by atoms with van der Waals surface area (Å²) >= 11 is 3.15. The Morgan fingerprint density at radius 3 is 2.68 bits per heavy atom. The molecular formula is C18H22N4OS2. The first kappa shape index (κ1) is 17.0. The highest BCUT2D eigenvalue weighted by atomic mass is 32.2. The number of benzene rings is 1. The van der Waals surface area contributed by atoms with Gasteiger partial charge in [-0.25, -0.2) is 0 Å². The monoisotopic (exact) mass is 374 g/mol. The van der Waals surface area contributed by atoms with E-state index in [1.807, 2.05) is 37.4 Å². The molecule has 25 heavy (non-hydrogen) atoms. The van der Waals surface area contributed by atoms with Gasteiger partial charge in [0.2, 0.25) is 5.91 Å². The van der Waals surface area contributed by atoms with E-state index in [0.717, 1.165) is 21.6 Å². The summed E-state index contributed by atoms with van der Waals surface area (Å²) in [4.78, 5) is 13.7. The summed E-state index contributed by atoms with van der Waals surface area (Å²) in [6.07, 6.45) is 6.86. The molecule has 1 aromatic carbocycles. The molecule has 0 spiro atoms. The molecule has 7 heteroatoms. The summed E-state index contributed by atoms with van der Waals surface area (Å²) in [5.41, 5.74) is 0.870. The summed E-state index contributed by atoms with van der Waals surface area (Å²) in [6.45, 7) is 1.93. The van der Waals surface area contributed by atoms with Crippen LogP contribution in [-0.4, -0.2) is 32.2 Å². The number of thioether (sulfide) groups is 2. The number of aromatic nitrogens is 3. The molecule has 1 unspecified atom stereocenters. The number of hydrogen-bond acceptors (Lipinski definition) is 5. The Kier molecular flexibility index (Phi) is 4.78. The largest absolute Gasteiger partial charge is 0.324 e. The maximum atomic E-state index is 12.6. The van der Waals surface area contributed by atoms with Crippen LogP contribution in [0.3, 0.4) is 0 Å².